The Morgan fingerprint density at radius 3 is 2.23 bits per heavy atom. The Balaban J connectivity index is 2.69. The fourth-order valence-corrected chi connectivity index (χ4v) is 4.64. The number of amides is 3. The topological polar surface area (TPSA) is 87.7 Å². The summed E-state index contributed by atoms with van der Waals surface area (Å²) in [6.45, 7) is 20.4. The quantitative estimate of drug-likeness (QED) is 0.326. The monoisotopic (exact) mass is 569 g/mol. The molecule has 0 aliphatic heterocycles. The molecule has 8 heteroatoms. The van der Waals surface area contributed by atoms with Crippen LogP contribution in [0.5, 0.6) is 0 Å². The fourth-order valence-electron chi connectivity index (χ4n) is 4.37. The summed E-state index contributed by atoms with van der Waals surface area (Å²) in [5, 5.41) is 6.16. The zero-order valence-corrected chi connectivity index (χ0v) is 26.0. The van der Waals surface area contributed by atoms with E-state index in [2.05, 4.69) is 17.2 Å². The van der Waals surface area contributed by atoms with Crippen LogP contribution in [0.3, 0.4) is 0 Å². The van der Waals surface area contributed by atoms with E-state index in [1.54, 1.807) is 37.8 Å². The van der Waals surface area contributed by atoms with Crippen LogP contribution in [0.1, 0.15) is 84.5 Å². The highest BCUT2D eigenvalue weighted by Crippen LogP contribution is 2.34. The normalized spacial score (nSPS) is 13.9. The summed E-state index contributed by atoms with van der Waals surface area (Å²) in [6, 6.07) is 10.7. The van der Waals surface area contributed by atoms with E-state index in [-0.39, 0.29) is 5.92 Å². The van der Waals surface area contributed by atoms with Crippen LogP contribution in [0.15, 0.2) is 49.0 Å². The van der Waals surface area contributed by atoms with E-state index >= 15 is 0 Å². The molecule has 0 radical (unpaired) electrons. The number of alkyl carbamates (subject to hydrolysis) is 1. The number of carbonyl (C=O) groups is 3. The molecule has 0 saturated carbocycles. The van der Waals surface area contributed by atoms with E-state index in [9.17, 15) is 14.4 Å². The van der Waals surface area contributed by atoms with Gasteiger partial charge in [-0.1, -0.05) is 74.9 Å². The maximum absolute atomic E-state index is 14.5. The van der Waals surface area contributed by atoms with Gasteiger partial charge in [0.2, 0.25) is 5.91 Å². The number of ether oxygens (including phenoxy) is 1. The molecule has 218 valence electrons. The number of para-hydroxylation sites is 1. The highest BCUT2D eigenvalue weighted by atomic mass is 35.5. The molecule has 3 atom stereocenters. The van der Waals surface area contributed by atoms with Gasteiger partial charge in [0.25, 0.3) is 5.91 Å². The van der Waals surface area contributed by atoms with Crippen LogP contribution in [0.25, 0.3) is 6.08 Å². The molecule has 3 amide bonds. The van der Waals surface area contributed by atoms with Crippen molar-refractivity contribution in [2.75, 3.05) is 5.32 Å². The van der Waals surface area contributed by atoms with Crippen molar-refractivity contribution < 1.29 is 19.1 Å². The molecule has 7 nitrogen and oxygen atoms in total. The molecule has 2 aromatic rings. The van der Waals surface area contributed by atoms with Crippen molar-refractivity contribution in [1.82, 2.24) is 10.2 Å². The Bertz CT molecular complexity index is 1210. The minimum Gasteiger partial charge on any atom is -0.444 e. The summed E-state index contributed by atoms with van der Waals surface area (Å²) in [5.41, 5.74) is 1.11. The Kier molecular flexibility index (Phi) is 11.0. The predicted octanol–water partition coefficient (Wildman–Crippen LogP) is 7.54. The van der Waals surface area contributed by atoms with Crippen LogP contribution in [0.2, 0.25) is 5.02 Å². The Labute approximate surface area is 244 Å². The molecule has 0 aliphatic carbocycles. The number of nitrogens with one attached hydrogen (secondary N) is 2. The summed E-state index contributed by atoms with van der Waals surface area (Å²) >= 11 is 6.45. The summed E-state index contributed by atoms with van der Waals surface area (Å²) in [7, 11) is 0. The highest BCUT2D eigenvalue weighted by molar-refractivity contribution is 6.34. The number of anilines is 1. The first-order chi connectivity index (χ1) is 18.5. The molecule has 0 aromatic heterocycles. The Morgan fingerprint density at radius 2 is 1.70 bits per heavy atom. The molecule has 3 unspecified atom stereocenters. The van der Waals surface area contributed by atoms with Gasteiger partial charge in [0.1, 0.15) is 17.7 Å². The molecule has 0 bridgehead atoms. The van der Waals surface area contributed by atoms with Gasteiger partial charge < -0.3 is 20.3 Å². The van der Waals surface area contributed by atoms with Crippen LogP contribution in [-0.4, -0.2) is 40.0 Å². The third-order valence-corrected chi connectivity index (χ3v) is 6.87. The molecule has 0 aliphatic rings. The van der Waals surface area contributed by atoms with E-state index < -0.39 is 41.1 Å². The lowest BCUT2D eigenvalue weighted by Gasteiger charge is -2.44. The van der Waals surface area contributed by atoms with Crippen molar-refractivity contribution in [3.63, 3.8) is 0 Å². The van der Waals surface area contributed by atoms with Gasteiger partial charge in [-0.15, -0.1) is 0 Å². The Morgan fingerprint density at radius 1 is 1.07 bits per heavy atom. The highest BCUT2D eigenvalue weighted by Gasteiger charge is 2.43. The molecule has 0 spiro atoms. The number of hydrogen-bond acceptors (Lipinski definition) is 4. The van der Waals surface area contributed by atoms with Gasteiger partial charge in [0, 0.05) is 5.54 Å². The maximum atomic E-state index is 14.5. The summed E-state index contributed by atoms with van der Waals surface area (Å²) in [6.07, 6.45) is 1.61. The number of hydrogen-bond donors (Lipinski definition) is 2. The lowest BCUT2D eigenvalue weighted by molar-refractivity contribution is -0.147. The van der Waals surface area contributed by atoms with E-state index in [1.807, 2.05) is 77.9 Å². The van der Waals surface area contributed by atoms with E-state index in [1.165, 1.54) is 0 Å². The van der Waals surface area contributed by atoms with E-state index in [0.29, 0.717) is 22.7 Å². The number of rotatable bonds is 9. The summed E-state index contributed by atoms with van der Waals surface area (Å²) in [4.78, 5) is 43.0. The van der Waals surface area contributed by atoms with Gasteiger partial charge in [0.05, 0.1) is 10.7 Å². The molecular weight excluding hydrogens is 526 g/mol. The van der Waals surface area contributed by atoms with Crippen molar-refractivity contribution in [1.29, 1.82) is 0 Å². The van der Waals surface area contributed by atoms with Gasteiger partial charge in [-0.25, -0.2) is 4.79 Å². The van der Waals surface area contributed by atoms with Crippen molar-refractivity contribution in [3.8, 4) is 0 Å². The van der Waals surface area contributed by atoms with Crippen molar-refractivity contribution in [2.24, 2.45) is 5.92 Å². The standard InChI is InChI=1S/C32H44ClN3O4/c1-11-20(3)26(35-30(39)40-32(8,9)10)29(38)36(31(5,6)7)27(23-17-14-16-22(12-2)19-23)28(37)34-25-21(4)15-13-18-24(25)33/h12-20,26-27H,2,11H2,1,3-10H3,(H,34,37)(H,35,39). The molecule has 40 heavy (non-hydrogen) atoms. The van der Waals surface area contributed by atoms with Gasteiger partial charge >= 0.3 is 6.09 Å². The van der Waals surface area contributed by atoms with E-state index in [0.717, 1.165) is 11.1 Å². The minimum atomic E-state index is -1.05. The van der Waals surface area contributed by atoms with Gasteiger partial charge in [0.15, 0.2) is 0 Å². The Hall–Kier alpha value is -3.32. The van der Waals surface area contributed by atoms with Crippen LogP contribution in [0, 0.1) is 12.8 Å². The zero-order valence-electron chi connectivity index (χ0n) is 25.2. The molecule has 0 fully saturated rings. The molecule has 2 N–H and O–H groups in total. The molecule has 2 aromatic carbocycles. The lowest BCUT2D eigenvalue weighted by atomic mass is 9.91. The fraction of sp³-hybridized carbons (Fsp3) is 0.469. The number of aryl methyl sites for hydroxylation is 1. The molecule has 0 saturated heterocycles. The second-order valence-electron chi connectivity index (χ2n) is 12.1. The summed E-state index contributed by atoms with van der Waals surface area (Å²) in [5.74, 6) is -1.06. The first-order valence-corrected chi connectivity index (χ1v) is 14.0. The van der Waals surface area contributed by atoms with Crippen LogP contribution < -0.4 is 10.6 Å². The maximum Gasteiger partial charge on any atom is 0.408 e. The number of halogens is 1. The van der Waals surface area contributed by atoms with E-state index in [4.69, 9.17) is 16.3 Å². The minimum absolute atomic E-state index is 0.237. The first kappa shape index (κ1) is 32.9. The van der Waals surface area contributed by atoms with Gasteiger partial charge in [-0.2, -0.15) is 0 Å². The smallest absolute Gasteiger partial charge is 0.408 e. The second kappa shape index (κ2) is 13.4. The van der Waals surface area contributed by atoms with Crippen LogP contribution >= 0.6 is 11.6 Å². The van der Waals surface area contributed by atoms with Crippen molar-refractivity contribution >= 4 is 41.3 Å². The third kappa shape index (κ3) is 8.59. The molecule has 2 rings (SSSR count). The predicted molar refractivity (Wildman–Crippen MR) is 163 cm³/mol. The van der Waals surface area contributed by atoms with Gasteiger partial charge in [-0.3, -0.25) is 9.59 Å². The van der Waals surface area contributed by atoms with Crippen LogP contribution in [-0.2, 0) is 14.3 Å². The van der Waals surface area contributed by atoms with Gasteiger partial charge in [-0.05, 0) is 83.2 Å². The largest absolute Gasteiger partial charge is 0.444 e. The molecule has 0 heterocycles. The first-order valence-electron chi connectivity index (χ1n) is 13.6. The van der Waals surface area contributed by atoms with Crippen LogP contribution in [0.4, 0.5) is 10.5 Å². The molecular formula is C32H44ClN3O4. The number of carbonyl (C=O) groups excluding carboxylic acids is 3. The lowest BCUT2D eigenvalue weighted by Crippen LogP contribution is -2.59. The average Bonchev–Trinajstić information content (AvgIpc) is 2.85. The van der Waals surface area contributed by atoms with Crippen molar-refractivity contribution in [3.05, 3.63) is 70.8 Å². The van der Waals surface area contributed by atoms with Crippen molar-refractivity contribution in [2.45, 2.75) is 92.0 Å². The number of benzene rings is 2. The second-order valence-corrected chi connectivity index (χ2v) is 12.5. The summed E-state index contributed by atoms with van der Waals surface area (Å²) < 4.78 is 5.48. The third-order valence-electron chi connectivity index (χ3n) is 6.55. The number of nitrogens with zero attached hydrogens (tertiary/aromatic N) is 1. The SMILES string of the molecule is C=Cc1cccc(C(C(=O)Nc2c(C)cccc2Cl)N(C(=O)C(NC(=O)OC(C)(C)C)C(C)CC)C(C)(C)C)c1. The average molecular weight is 570 g/mol. The zero-order chi connectivity index (χ0) is 30.4.